The van der Waals surface area contributed by atoms with Crippen molar-refractivity contribution in [3.8, 4) is 5.75 Å². The van der Waals surface area contributed by atoms with Crippen molar-refractivity contribution < 1.29 is 14.6 Å². The third-order valence-electron chi connectivity index (χ3n) is 5.02. The van der Waals surface area contributed by atoms with Gasteiger partial charge in [-0.05, 0) is 61.3 Å². The molecule has 3 heteroatoms. The number of rotatable bonds is 10. The first kappa shape index (κ1) is 19.3. The number of aliphatic carboxylic acids is 1. The Balaban J connectivity index is 1.65. The average molecular weight is 342 g/mol. The molecule has 1 aliphatic rings. The first-order chi connectivity index (χ1) is 12.2. The Hall–Kier alpha value is -2.03. The summed E-state index contributed by atoms with van der Waals surface area (Å²) in [5.74, 6) is 1.49. The normalized spacial score (nSPS) is 20.5. The standard InChI is InChI=1S/C22H30O3/c1-2-3-4-5-6-18-7-9-20(10-8-18)17-25-21-14-11-19(12-15-21)13-16-22(23)24/h2,11-16,18,20H,1,3-10,17H2,(H,23,24). The topological polar surface area (TPSA) is 46.5 Å². The van der Waals surface area contributed by atoms with Crippen molar-refractivity contribution in [2.75, 3.05) is 6.61 Å². The summed E-state index contributed by atoms with van der Waals surface area (Å²) in [4.78, 5) is 10.5. The maximum atomic E-state index is 10.5. The molecule has 3 nitrogen and oxygen atoms in total. The van der Waals surface area contributed by atoms with Gasteiger partial charge in [0.15, 0.2) is 0 Å². The second-order valence-electron chi connectivity index (χ2n) is 7.01. The Kier molecular flexibility index (Phi) is 8.30. The Morgan fingerprint density at radius 3 is 2.44 bits per heavy atom. The van der Waals surface area contributed by atoms with Gasteiger partial charge in [-0.3, -0.25) is 0 Å². The molecular weight excluding hydrogens is 312 g/mol. The molecular formula is C22H30O3. The molecule has 0 saturated heterocycles. The van der Waals surface area contributed by atoms with E-state index >= 15 is 0 Å². The summed E-state index contributed by atoms with van der Waals surface area (Å²) in [6, 6.07) is 7.59. The van der Waals surface area contributed by atoms with Crippen molar-refractivity contribution in [2.45, 2.75) is 51.4 Å². The van der Waals surface area contributed by atoms with Crippen LogP contribution in [0.25, 0.3) is 6.08 Å². The van der Waals surface area contributed by atoms with Crippen molar-refractivity contribution in [1.29, 1.82) is 0 Å². The van der Waals surface area contributed by atoms with E-state index < -0.39 is 5.97 Å². The van der Waals surface area contributed by atoms with Crippen LogP contribution in [0.4, 0.5) is 0 Å². The van der Waals surface area contributed by atoms with Crippen molar-refractivity contribution in [2.24, 2.45) is 11.8 Å². The lowest BCUT2D eigenvalue weighted by Gasteiger charge is -2.28. The minimum atomic E-state index is -0.934. The Morgan fingerprint density at radius 2 is 1.80 bits per heavy atom. The van der Waals surface area contributed by atoms with Crippen molar-refractivity contribution >= 4 is 12.0 Å². The number of carboxylic acid groups (broad SMARTS) is 1. The van der Waals surface area contributed by atoms with Crippen molar-refractivity contribution in [3.63, 3.8) is 0 Å². The molecule has 0 aromatic heterocycles. The fraction of sp³-hybridized carbons (Fsp3) is 0.500. The minimum Gasteiger partial charge on any atom is -0.493 e. The van der Waals surface area contributed by atoms with Crippen LogP contribution >= 0.6 is 0 Å². The fourth-order valence-electron chi connectivity index (χ4n) is 3.47. The van der Waals surface area contributed by atoms with Crippen LogP contribution < -0.4 is 4.74 Å². The van der Waals surface area contributed by atoms with E-state index in [4.69, 9.17) is 9.84 Å². The lowest BCUT2D eigenvalue weighted by molar-refractivity contribution is -0.131. The number of ether oxygens (including phenoxy) is 1. The first-order valence-corrected chi connectivity index (χ1v) is 9.42. The first-order valence-electron chi connectivity index (χ1n) is 9.42. The van der Waals surface area contributed by atoms with Gasteiger partial charge in [0.1, 0.15) is 5.75 Å². The number of hydrogen-bond donors (Lipinski definition) is 1. The molecule has 0 atom stereocenters. The lowest BCUT2D eigenvalue weighted by atomic mass is 9.80. The molecule has 0 amide bonds. The molecule has 1 aromatic rings. The van der Waals surface area contributed by atoms with Crippen LogP contribution in [0.5, 0.6) is 5.75 Å². The highest BCUT2D eigenvalue weighted by Gasteiger charge is 2.21. The van der Waals surface area contributed by atoms with Crippen molar-refractivity contribution in [3.05, 3.63) is 48.6 Å². The predicted octanol–water partition coefficient (Wildman–Crippen LogP) is 5.72. The Labute approximate surface area is 151 Å². The molecule has 25 heavy (non-hydrogen) atoms. The van der Waals surface area contributed by atoms with Gasteiger partial charge in [-0.2, -0.15) is 0 Å². The van der Waals surface area contributed by atoms with Crippen molar-refractivity contribution in [1.82, 2.24) is 0 Å². The molecule has 1 fully saturated rings. The van der Waals surface area contributed by atoms with E-state index in [0.29, 0.717) is 5.92 Å². The van der Waals surface area contributed by atoms with Gasteiger partial charge >= 0.3 is 5.97 Å². The Bertz CT molecular complexity index is 551. The zero-order valence-electron chi connectivity index (χ0n) is 15.0. The van der Waals surface area contributed by atoms with Gasteiger partial charge in [0.2, 0.25) is 0 Å². The summed E-state index contributed by atoms with van der Waals surface area (Å²) in [6.45, 7) is 4.57. The summed E-state index contributed by atoms with van der Waals surface area (Å²) in [5, 5.41) is 8.63. The minimum absolute atomic E-state index is 0.663. The molecule has 0 radical (unpaired) electrons. The second-order valence-corrected chi connectivity index (χ2v) is 7.01. The van der Waals surface area contributed by atoms with Crippen LogP contribution in [0.2, 0.25) is 0 Å². The molecule has 2 rings (SSSR count). The molecule has 0 aliphatic heterocycles. The van der Waals surface area contributed by atoms with E-state index in [1.165, 1.54) is 44.9 Å². The molecule has 0 unspecified atom stereocenters. The smallest absolute Gasteiger partial charge is 0.328 e. The van der Waals surface area contributed by atoms with Crippen LogP contribution in [0.3, 0.4) is 0 Å². The van der Waals surface area contributed by atoms with E-state index in [9.17, 15) is 4.79 Å². The van der Waals surface area contributed by atoms with E-state index in [2.05, 4.69) is 6.58 Å². The molecule has 0 heterocycles. The molecule has 1 aromatic carbocycles. The second kappa shape index (κ2) is 10.8. The van der Waals surface area contributed by atoms with Crippen LogP contribution in [-0.4, -0.2) is 17.7 Å². The fourth-order valence-corrected chi connectivity index (χ4v) is 3.47. The SMILES string of the molecule is C=CCCCCC1CCC(COc2ccc(C=CC(=O)O)cc2)CC1. The highest BCUT2D eigenvalue weighted by molar-refractivity contribution is 5.85. The van der Waals surface area contributed by atoms with Crippen LogP contribution in [0, 0.1) is 11.8 Å². The van der Waals surface area contributed by atoms with Gasteiger partial charge in [-0.25, -0.2) is 4.79 Å². The predicted molar refractivity (Wildman–Crippen MR) is 103 cm³/mol. The number of carbonyl (C=O) groups is 1. The highest BCUT2D eigenvalue weighted by atomic mass is 16.5. The summed E-state index contributed by atoms with van der Waals surface area (Å²) in [6.07, 6.45) is 15.1. The molecule has 136 valence electrons. The number of benzene rings is 1. The van der Waals surface area contributed by atoms with E-state index in [1.807, 2.05) is 30.3 Å². The molecule has 1 saturated carbocycles. The average Bonchev–Trinajstić information content (AvgIpc) is 2.63. The van der Waals surface area contributed by atoms with Gasteiger partial charge in [0.25, 0.3) is 0 Å². The quantitative estimate of drug-likeness (QED) is 0.336. The van der Waals surface area contributed by atoms with Gasteiger partial charge in [0, 0.05) is 6.08 Å². The maximum absolute atomic E-state index is 10.5. The van der Waals surface area contributed by atoms with Crippen LogP contribution in [-0.2, 0) is 4.79 Å². The maximum Gasteiger partial charge on any atom is 0.328 e. The summed E-state index contributed by atoms with van der Waals surface area (Å²) >= 11 is 0. The summed E-state index contributed by atoms with van der Waals surface area (Å²) in [7, 11) is 0. The molecule has 0 bridgehead atoms. The van der Waals surface area contributed by atoms with Crippen LogP contribution in [0.15, 0.2) is 43.0 Å². The van der Waals surface area contributed by atoms with Gasteiger partial charge < -0.3 is 9.84 Å². The zero-order valence-corrected chi connectivity index (χ0v) is 15.0. The van der Waals surface area contributed by atoms with Gasteiger partial charge in [-0.1, -0.05) is 43.9 Å². The highest BCUT2D eigenvalue weighted by Crippen LogP contribution is 2.32. The number of carboxylic acids is 1. The number of hydrogen-bond acceptors (Lipinski definition) is 2. The van der Waals surface area contributed by atoms with Crippen LogP contribution in [0.1, 0.15) is 56.9 Å². The van der Waals surface area contributed by atoms with E-state index in [1.54, 1.807) is 6.08 Å². The van der Waals surface area contributed by atoms with E-state index in [-0.39, 0.29) is 0 Å². The lowest BCUT2D eigenvalue weighted by Crippen LogP contribution is -2.20. The summed E-state index contributed by atoms with van der Waals surface area (Å²) < 4.78 is 5.92. The monoisotopic (exact) mass is 342 g/mol. The third kappa shape index (κ3) is 7.59. The Morgan fingerprint density at radius 1 is 1.12 bits per heavy atom. The number of allylic oxidation sites excluding steroid dienone is 1. The van der Waals surface area contributed by atoms with Gasteiger partial charge in [0.05, 0.1) is 6.61 Å². The molecule has 0 spiro atoms. The zero-order chi connectivity index (χ0) is 17.9. The molecule has 1 N–H and O–H groups in total. The largest absolute Gasteiger partial charge is 0.493 e. The summed E-state index contributed by atoms with van der Waals surface area (Å²) in [5.41, 5.74) is 0.867. The number of unbranched alkanes of at least 4 members (excludes halogenated alkanes) is 2. The third-order valence-corrected chi connectivity index (χ3v) is 5.02. The molecule has 1 aliphatic carbocycles. The van der Waals surface area contributed by atoms with Gasteiger partial charge in [-0.15, -0.1) is 6.58 Å². The van der Waals surface area contributed by atoms with E-state index in [0.717, 1.165) is 36.3 Å².